The summed E-state index contributed by atoms with van der Waals surface area (Å²) in [6, 6.07) is 1.72. The Labute approximate surface area is 75.3 Å². The maximum absolute atomic E-state index is 11.0. The summed E-state index contributed by atoms with van der Waals surface area (Å²) in [5.74, 6) is 0.467. The van der Waals surface area contributed by atoms with Crippen LogP contribution in [0.1, 0.15) is 0 Å². The molecule has 0 unspecified atom stereocenters. The largest absolute Gasteiger partial charge is 0.347 e. The normalized spacial score (nSPS) is 10.8. The lowest BCUT2D eigenvalue weighted by molar-refractivity contribution is 0.742. The summed E-state index contributed by atoms with van der Waals surface area (Å²) in [5, 5.41) is 0. The van der Waals surface area contributed by atoms with Gasteiger partial charge in [-0.25, -0.2) is 9.78 Å². The van der Waals surface area contributed by atoms with Crippen molar-refractivity contribution >= 4 is 11.6 Å². The Morgan fingerprint density at radius 1 is 1.58 bits per heavy atom. The first-order chi connectivity index (χ1) is 5.84. The van der Waals surface area contributed by atoms with Crippen LogP contribution in [0.4, 0.5) is 0 Å². The van der Waals surface area contributed by atoms with E-state index in [1.54, 1.807) is 18.3 Å². The van der Waals surface area contributed by atoms with E-state index in [1.807, 2.05) is 6.08 Å². The molecule has 0 amide bonds. The van der Waals surface area contributed by atoms with Crippen LogP contribution >= 0.6 is 11.6 Å². The Bertz CT molecular complexity index is 319. The van der Waals surface area contributed by atoms with Crippen molar-refractivity contribution in [3.63, 3.8) is 0 Å². The monoisotopic (exact) mass is 184 g/mol. The number of rotatable bonds is 3. The standard InChI is InChI=1S/C8H9ClN2O/c9-4-1-2-6-11-7-3-5-10-8(11)12/h1-3,5,7H,4,6H2/b2-1+. The van der Waals surface area contributed by atoms with Crippen LogP contribution in [-0.2, 0) is 6.54 Å². The van der Waals surface area contributed by atoms with Gasteiger partial charge in [0.1, 0.15) is 0 Å². The molecule has 0 aliphatic rings. The molecular weight excluding hydrogens is 176 g/mol. The van der Waals surface area contributed by atoms with Crippen molar-refractivity contribution in [1.29, 1.82) is 0 Å². The maximum Gasteiger partial charge on any atom is 0.347 e. The second kappa shape index (κ2) is 4.72. The summed E-state index contributed by atoms with van der Waals surface area (Å²) in [6.07, 6.45) is 6.79. The van der Waals surface area contributed by atoms with Crippen molar-refractivity contribution in [2.75, 3.05) is 5.88 Å². The van der Waals surface area contributed by atoms with E-state index >= 15 is 0 Å². The molecule has 0 aliphatic carbocycles. The van der Waals surface area contributed by atoms with E-state index in [9.17, 15) is 4.79 Å². The smallest absolute Gasteiger partial charge is 0.295 e. The van der Waals surface area contributed by atoms with Crippen LogP contribution in [0.3, 0.4) is 0 Å². The van der Waals surface area contributed by atoms with Crippen LogP contribution in [-0.4, -0.2) is 15.4 Å². The zero-order valence-electron chi connectivity index (χ0n) is 6.48. The minimum atomic E-state index is -0.239. The number of hydrogen-bond acceptors (Lipinski definition) is 2. The van der Waals surface area contributed by atoms with Gasteiger partial charge in [-0.05, 0) is 6.07 Å². The molecule has 0 N–H and O–H groups in total. The molecule has 12 heavy (non-hydrogen) atoms. The molecule has 0 atom stereocenters. The Hall–Kier alpha value is -1.09. The Kier molecular flexibility index (Phi) is 3.54. The minimum Gasteiger partial charge on any atom is -0.295 e. The molecule has 0 radical (unpaired) electrons. The van der Waals surface area contributed by atoms with Gasteiger partial charge in [-0.15, -0.1) is 11.6 Å². The Balaban J connectivity index is 2.70. The van der Waals surface area contributed by atoms with Crippen LogP contribution in [0.15, 0.2) is 35.4 Å². The third-order valence-corrected chi connectivity index (χ3v) is 1.52. The minimum absolute atomic E-state index is 0.239. The highest BCUT2D eigenvalue weighted by Crippen LogP contribution is 1.83. The highest BCUT2D eigenvalue weighted by Gasteiger charge is 1.89. The molecule has 0 spiro atoms. The molecule has 0 aromatic carbocycles. The van der Waals surface area contributed by atoms with Gasteiger partial charge in [-0.1, -0.05) is 12.2 Å². The lowest BCUT2D eigenvalue weighted by Gasteiger charge is -1.97. The number of nitrogens with zero attached hydrogens (tertiary/aromatic N) is 2. The van der Waals surface area contributed by atoms with Crippen LogP contribution in [0.5, 0.6) is 0 Å². The van der Waals surface area contributed by atoms with Crippen molar-refractivity contribution in [3.05, 3.63) is 41.1 Å². The molecular formula is C8H9ClN2O. The van der Waals surface area contributed by atoms with E-state index in [0.717, 1.165) is 0 Å². The van der Waals surface area contributed by atoms with Crippen molar-refractivity contribution in [3.8, 4) is 0 Å². The molecule has 0 bridgehead atoms. The zero-order chi connectivity index (χ0) is 8.81. The average molecular weight is 185 g/mol. The van der Waals surface area contributed by atoms with Gasteiger partial charge in [0.15, 0.2) is 0 Å². The average Bonchev–Trinajstić information content (AvgIpc) is 2.09. The number of allylic oxidation sites excluding steroid dienone is 2. The fourth-order valence-corrected chi connectivity index (χ4v) is 0.903. The van der Waals surface area contributed by atoms with Gasteiger partial charge in [0.2, 0.25) is 0 Å². The quantitative estimate of drug-likeness (QED) is 0.520. The van der Waals surface area contributed by atoms with Crippen LogP contribution < -0.4 is 5.69 Å². The van der Waals surface area contributed by atoms with E-state index in [0.29, 0.717) is 12.4 Å². The first-order valence-corrected chi connectivity index (χ1v) is 4.10. The molecule has 0 fully saturated rings. The third kappa shape index (κ3) is 2.51. The number of hydrogen-bond donors (Lipinski definition) is 0. The lowest BCUT2D eigenvalue weighted by atomic mass is 10.5. The fraction of sp³-hybridized carbons (Fsp3) is 0.250. The van der Waals surface area contributed by atoms with Gasteiger partial charge >= 0.3 is 5.69 Å². The van der Waals surface area contributed by atoms with E-state index in [2.05, 4.69) is 4.98 Å². The van der Waals surface area contributed by atoms with E-state index in [1.165, 1.54) is 10.8 Å². The molecule has 3 nitrogen and oxygen atoms in total. The molecule has 0 aliphatic heterocycles. The summed E-state index contributed by atoms with van der Waals surface area (Å²) < 4.78 is 1.50. The van der Waals surface area contributed by atoms with Crippen molar-refractivity contribution < 1.29 is 0 Å². The molecule has 1 rings (SSSR count). The molecule has 1 heterocycles. The first-order valence-electron chi connectivity index (χ1n) is 3.57. The van der Waals surface area contributed by atoms with E-state index in [-0.39, 0.29) is 5.69 Å². The predicted octanol–water partition coefficient (Wildman–Crippen LogP) is 1.04. The van der Waals surface area contributed by atoms with Crippen LogP contribution in [0, 0.1) is 0 Å². The van der Waals surface area contributed by atoms with E-state index < -0.39 is 0 Å². The first kappa shape index (κ1) is 9.00. The number of alkyl halides is 1. The SMILES string of the molecule is O=c1ncccn1C/C=C/CCl. The van der Waals surface area contributed by atoms with Crippen LogP contribution in [0.25, 0.3) is 0 Å². The van der Waals surface area contributed by atoms with Crippen molar-refractivity contribution in [2.24, 2.45) is 0 Å². The Morgan fingerprint density at radius 2 is 2.42 bits per heavy atom. The van der Waals surface area contributed by atoms with Gasteiger partial charge in [-0.2, -0.15) is 0 Å². The predicted molar refractivity (Wildman–Crippen MR) is 48.4 cm³/mol. The van der Waals surface area contributed by atoms with Gasteiger partial charge in [-0.3, -0.25) is 4.57 Å². The van der Waals surface area contributed by atoms with Crippen molar-refractivity contribution in [1.82, 2.24) is 9.55 Å². The van der Waals surface area contributed by atoms with Crippen LogP contribution in [0.2, 0.25) is 0 Å². The summed E-state index contributed by atoms with van der Waals surface area (Å²) in [4.78, 5) is 14.6. The van der Waals surface area contributed by atoms with Crippen molar-refractivity contribution in [2.45, 2.75) is 6.54 Å². The lowest BCUT2D eigenvalue weighted by Crippen LogP contribution is -2.20. The summed E-state index contributed by atoms with van der Waals surface area (Å²) >= 11 is 5.42. The van der Waals surface area contributed by atoms with Gasteiger partial charge in [0.25, 0.3) is 0 Å². The molecule has 0 saturated heterocycles. The summed E-state index contributed by atoms with van der Waals surface area (Å²) in [6.45, 7) is 0.527. The molecule has 4 heteroatoms. The van der Waals surface area contributed by atoms with E-state index in [4.69, 9.17) is 11.6 Å². The second-order valence-corrected chi connectivity index (χ2v) is 2.49. The Morgan fingerprint density at radius 3 is 3.08 bits per heavy atom. The molecule has 64 valence electrons. The number of halogens is 1. The molecule has 1 aromatic rings. The topological polar surface area (TPSA) is 34.9 Å². The molecule has 1 aromatic heterocycles. The fourth-order valence-electron chi connectivity index (χ4n) is 0.777. The number of aromatic nitrogens is 2. The highest BCUT2D eigenvalue weighted by molar-refractivity contribution is 6.18. The highest BCUT2D eigenvalue weighted by atomic mass is 35.5. The van der Waals surface area contributed by atoms with Gasteiger partial charge < -0.3 is 0 Å². The van der Waals surface area contributed by atoms with Gasteiger partial charge in [0.05, 0.1) is 0 Å². The third-order valence-electron chi connectivity index (χ3n) is 1.34. The van der Waals surface area contributed by atoms with Gasteiger partial charge in [0, 0.05) is 24.8 Å². The summed E-state index contributed by atoms with van der Waals surface area (Å²) in [7, 11) is 0. The second-order valence-electron chi connectivity index (χ2n) is 2.18. The zero-order valence-corrected chi connectivity index (χ0v) is 7.24. The summed E-state index contributed by atoms with van der Waals surface area (Å²) in [5.41, 5.74) is -0.239. The molecule has 0 saturated carbocycles. The maximum atomic E-state index is 11.0.